The Morgan fingerprint density at radius 1 is 1.45 bits per heavy atom. The Bertz CT molecular complexity index is 205. The van der Waals surface area contributed by atoms with E-state index in [1.54, 1.807) is 0 Å². The standard InChI is InChI=1S/C10H17N/c1-6-8-4-7(5-9(6)11)10(8,2)3/h7-9H,1,4-5,11H2,2-3H3/t7-,8+,9+/m1/s1. The third-order valence-corrected chi connectivity index (χ3v) is 3.93. The van der Waals surface area contributed by atoms with Crippen LogP contribution in [0.2, 0.25) is 0 Å². The molecule has 0 aromatic carbocycles. The summed E-state index contributed by atoms with van der Waals surface area (Å²) >= 11 is 0. The molecule has 2 bridgehead atoms. The zero-order valence-electron chi connectivity index (χ0n) is 7.43. The molecular weight excluding hydrogens is 134 g/mol. The van der Waals surface area contributed by atoms with Gasteiger partial charge in [0.25, 0.3) is 0 Å². The third-order valence-electron chi connectivity index (χ3n) is 3.93. The van der Waals surface area contributed by atoms with Crippen molar-refractivity contribution in [3.63, 3.8) is 0 Å². The average molecular weight is 151 g/mol. The van der Waals surface area contributed by atoms with Crippen LogP contribution < -0.4 is 5.73 Å². The van der Waals surface area contributed by atoms with Crippen LogP contribution in [0.15, 0.2) is 12.2 Å². The lowest BCUT2D eigenvalue weighted by atomic mass is 9.46. The summed E-state index contributed by atoms with van der Waals surface area (Å²) in [5, 5.41) is 0. The summed E-state index contributed by atoms with van der Waals surface area (Å²) in [4.78, 5) is 0. The van der Waals surface area contributed by atoms with E-state index in [-0.39, 0.29) is 0 Å². The van der Waals surface area contributed by atoms with Gasteiger partial charge in [-0.2, -0.15) is 0 Å². The van der Waals surface area contributed by atoms with E-state index in [1.165, 1.54) is 18.4 Å². The van der Waals surface area contributed by atoms with Gasteiger partial charge in [-0.1, -0.05) is 26.0 Å². The van der Waals surface area contributed by atoms with Crippen molar-refractivity contribution in [3.05, 3.63) is 12.2 Å². The SMILES string of the molecule is C=C1[C@@H](N)C[C@H]2C[C@@H]1C2(C)C. The summed E-state index contributed by atoms with van der Waals surface area (Å²) in [6, 6.07) is 0.298. The molecule has 1 heteroatoms. The predicted molar refractivity (Wildman–Crippen MR) is 47.1 cm³/mol. The Hall–Kier alpha value is -0.300. The number of rotatable bonds is 0. The molecular formula is C10H17N. The van der Waals surface area contributed by atoms with Crippen molar-refractivity contribution in [2.24, 2.45) is 23.0 Å². The van der Waals surface area contributed by atoms with Crippen molar-refractivity contribution in [2.75, 3.05) is 0 Å². The summed E-state index contributed by atoms with van der Waals surface area (Å²) in [6.07, 6.45) is 2.52. The zero-order chi connectivity index (χ0) is 8.22. The Labute approximate surface area is 68.7 Å². The minimum atomic E-state index is 0.298. The van der Waals surface area contributed by atoms with Crippen LogP contribution in [0.5, 0.6) is 0 Å². The highest BCUT2D eigenvalue weighted by molar-refractivity contribution is 5.24. The maximum Gasteiger partial charge on any atom is 0.0256 e. The maximum absolute atomic E-state index is 5.92. The molecule has 3 aliphatic rings. The van der Waals surface area contributed by atoms with Crippen LogP contribution in [-0.4, -0.2) is 6.04 Å². The number of hydrogen-bond acceptors (Lipinski definition) is 1. The highest BCUT2D eigenvalue weighted by atomic mass is 14.7. The van der Waals surface area contributed by atoms with Crippen LogP contribution in [-0.2, 0) is 0 Å². The summed E-state index contributed by atoms with van der Waals surface area (Å²) in [5.74, 6) is 1.59. The van der Waals surface area contributed by atoms with Gasteiger partial charge in [0.2, 0.25) is 0 Å². The van der Waals surface area contributed by atoms with Crippen LogP contribution in [0.1, 0.15) is 26.7 Å². The molecule has 1 nitrogen and oxygen atoms in total. The highest BCUT2D eigenvalue weighted by Crippen LogP contribution is 2.60. The van der Waals surface area contributed by atoms with Crippen molar-refractivity contribution in [1.29, 1.82) is 0 Å². The molecule has 0 saturated heterocycles. The zero-order valence-corrected chi connectivity index (χ0v) is 7.43. The molecule has 0 radical (unpaired) electrons. The predicted octanol–water partition coefficient (Wildman–Crippen LogP) is 1.94. The number of nitrogens with two attached hydrogens (primary N) is 1. The molecule has 0 unspecified atom stereocenters. The first-order valence-corrected chi connectivity index (χ1v) is 4.47. The number of hydrogen-bond donors (Lipinski definition) is 1. The van der Waals surface area contributed by atoms with E-state index in [0.717, 1.165) is 11.8 Å². The van der Waals surface area contributed by atoms with E-state index >= 15 is 0 Å². The van der Waals surface area contributed by atoms with Gasteiger partial charge in [-0.05, 0) is 30.1 Å². The third kappa shape index (κ3) is 0.750. The van der Waals surface area contributed by atoms with E-state index in [0.29, 0.717) is 11.5 Å². The van der Waals surface area contributed by atoms with Crippen molar-refractivity contribution in [3.8, 4) is 0 Å². The molecule has 0 heterocycles. The van der Waals surface area contributed by atoms with E-state index in [9.17, 15) is 0 Å². The van der Waals surface area contributed by atoms with Gasteiger partial charge in [-0.3, -0.25) is 0 Å². The second-order valence-corrected chi connectivity index (χ2v) is 4.72. The van der Waals surface area contributed by atoms with Gasteiger partial charge in [0, 0.05) is 6.04 Å². The molecule has 3 saturated carbocycles. The van der Waals surface area contributed by atoms with Crippen LogP contribution in [0.25, 0.3) is 0 Å². The first-order chi connectivity index (χ1) is 5.03. The largest absolute Gasteiger partial charge is 0.324 e. The summed E-state index contributed by atoms with van der Waals surface area (Å²) in [7, 11) is 0. The lowest BCUT2D eigenvalue weighted by molar-refractivity contribution is -0.0336. The Morgan fingerprint density at radius 3 is 2.45 bits per heavy atom. The average Bonchev–Trinajstić information content (AvgIpc) is 1.93. The normalized spacial score (nSPS) is 46.8. The molecule has 62 valence electrons. The van der Waals surface area contributed by atoms with Gasteiger partial charge in [0.1, 0.15) is 0 Å². The summed E-state index contributed by atoms with van der Waals surface area (Å²) < 4.78 is 0. The van der Waals surface area contributed by atoms with E-state index in [2.05, 4.69) is 20.4 Å². The van der Waals surface area contributed by atoms with Crippen molar-refractivity contribution in [2.45, 2.75) is 32.7 Å². The lowest BCUT2D eigenvalue weighted by Crippen LogP contribution is -2.55. The van der Waals surface area contributed by atoms with Crippen LogP contribution in [0.3, 0.4) is 0 Å². The molecule has 0 amide bonds. The molecule has 3 atom stereocenters. The monoisotopic (exact) mass is 151 g/mol. The first-order valence-electron chi connectivity index (χ1n) is 4.47. The molecule has 3 aliphatic carbocycles. The minimum absolute atomic E-state index is 0.298. The summed E-state index contributed by atoms with van der Waals surface area (Å²) in [6.45, 7) is 8.78. The molecule has 11 heavy (non-hydrogen) atoms. The van der Waals surface area contributed by atoms with E-state index in [4.69, 9.17) is 5.73 Å². The molecule has 0 aliphatic heterocycles. The molecule has 3 rings (SSSR count). The van der Waals surface area contributed by atoms with Crippen molar-refractivity contribution < 1.29 is 0 Å². The number of fused-ring (bicyclic) bond motifs is 2. The van der Waals surface area contributed by atoms with Crippen LogP contribution >= 0.6 is 0 Å². The second-order valence-electron chi connectivity index (χ2n) is 4.72. The van der Waals surface area contributed by atoms with E-state index < -0.39 is 0 Å². The van der Waals surface area contributed by atoms with E-state index in [1.807, 2.05) is 0 Å². The van der Waals surface area contributed by atoms with Crippen molar-refractivity contribution >= 4 is 0 Å². The second kappa shape index (κ2) is 1.89. The van der Waals surface area contributed by atoms with Gasteiger partial charge in [0.15, 0.2) is 0 Å². The minimum Gasteiger partial charge on any atom is -0.324 e. The van der Waals surface area contributed by atoms with Gasteiger partial charge < -0.3 is 5.73 Å². The summed E-state index contributed by atoms with van der Waals surface area (Å²) in [5.41, 5.74) is 7.73. The van der Waals surface area contributed by atoms with Crippen LogP contribution in [0, 0.1) is 17.3 Å². The molecule has 0 aromatic rings. The quantitative estimate of drug-likeness (QED) is 0.526. The smallest absolute Gasteiger partial charge is 0.0256 e. The molecule has 0 spiro atoms. The fourth-order valence-corrected chi connectivity index (χ4v) is 2.76. The van der Waals surface area contributed by atoms with Crippen LogP contribution in [0.4, 0.5) is 0 Å². The van der Waals surface area contributed by atoms with Crippen molar-refractivity contribution in [1.82, 2.24) is 0 Å². The van der Waals surface area contributed by atoms with Gasteiger partial charge in [-0.15, -0.1) is 0 Å². The highest BCUT2D eigenvalue weighted by Gasteiger charge is 2.53. The first kappa shape index (κ1) is 7.35. The Kier molecular flexibility index (Phi) is 1.26. The molecule has 0 aromatic heterocycles. The molecule has 2 N–H and O–H groups in total. The fourth-order valence-electron chi connectivity index (χ4n) is 2.76. The topological polar surface area (TPSA) is 26.0 Å². The Balaban J connectivity index is 2.23. The fraction of sp³-hybridized carbons (Fsp3) is 0.800. The molecule has 3 fully saturated rings. The maximum atomic E-state index is 5.92. The van der Waals surface area contributed by atoms with Gasteiger partial charge >= 0.3 is 0 Å². The Morgan fingerprint density at radius 2 is 2.09 bits per heavy atom. The van der Waals surface area contributed by atoms with Gasteiger partial charge in [0.05, 0.1) is 0 Å². The van der Waals surface area contributed by atoms with Gasteiger partial charge in [-0.25, -0.2) is 0 Å². The lowest BCUT2D eigenvalue weighted by Gasteiger charge is -2.59.